The summed E-state index contributed by atoms with van der Waals surface area (Å²) in [4.78, 5) is 6.44. The summed E-state index contributed by atoms with van der Waals surface area (Å²) >= 11 is 0. The zero-order valence-electron chi connectivity index (χ0n) is 27.3. The SMILES string of the molecule is COc1cc(S(=O)(=O)CCN(CCO)C(C)(C)C)c(OC)cc1/N=N/c1c(Nc2ccccc2)nc(NCC(C)O)c(C#N)c1C. The van der Waals surface area contributed by atoms with E-state index in [9.17, 15) is 23.9 Å². The van der Waals surface area contributed by atoms with Gasteiger partial charge >= 0.3 is 0 Å². The number of hydrogen-bond donors (Lipinski definition) is 4. The standard InChI is InChI=1S/C32H43N7O6S/c1-21(41)20-34-30-24(19-33)22(2)29(31(36-30)35-23-11-9-8-10-12-23)38-37-25-17-27(45-7)28(18-26(25)44-6)46(42,43)16-14-39(13-15-40)32(3,4)5/h8-12,17-18,21,40-41H,13-16,20H2,1-7H3,(H2,34,35,36)/b38-37+. The third-order valence-corrected chi connectivity index (χ3v) is 8.84. The van der Waals surface area contributed by atoms with Crippen molar-refractivity contribution in [1.29, 1.82) is 5.26 Å². The van der Waals surface area contributed by atoms with E-state index in [1.807, 2.05) is 56.0 Å². The summed E-state index contributed by atoms with van der Waals surface area (Å²) in [7, 11) is -1.09. The van der Waals surface area contributed by atoms with E-state index in [0.29, 0.717) is 17.9 Å². The maximum atomic E-state index is 13.5. The second-order valence-corrected chi connectivity index (χ2v) is 13.6. The predicted octanol–water partition coefficient (Wildman–Crippen LogP) is 5.10. The molecule has 0 aliphatic rings. The van der Waals surface area contributed by atoms with Gasteiger partial charge in [-0.25, -0.2) is 13.4 Å². The van der Waals surface area contributed by atoms with Gasteiger partial charge in [-0.2, -0.15) is 5.26 Å². The molecule has 0 fully saturated rings. The maximum Gasteiger partial charge on any atom is 0.183 e. The smallest absolute Gasteiger partial charge is 0.183 e. The minimum atomic E-state index is -3.85. The molecule has 1 heterocycles. The first-order chi connectivity index (χ1) is 21.7. The minimum absolute atomic E-state index is 0.0618. The van der Waals surface area contributed by atoms with Crippen molar-refractivity contribution >= 4 is 38.5 Å². The van der Waals surface area contributed by atoms with Crippen LogP contribution in [-0.2, 0) is 9.84 Å². The Morgan fingerprint density at radius 2 is 1.74 bits per heavy atom. The van der Waals surface area contributed by atoms with Gasteiger partial charge in [0.15, 0.2) is 15.7 Å². The Morgan fingerprint density at radius 1 is 1.07 bits per heavy atom. The molecule has 0 saturated heterocycles. The van der Waals surface area contributed by atoms with Gasteiger partial charge < -0.3 is 30.3 Å². The molecule has 0 aliphatic carbocycles. The fourth-order valence-corrected chi connectivity index (χ4v) is 6.01. The molecular formula is C32H43N7O6S. The number of β-amino-alcohol motifs (C(OH)–C–C–N with tert-alkyl or cyclic N) is 1. The first-order valence-electron chi connectivity index (χ1n) is 14.7. The maximum absolute atomic E-state index is 13.5. The molecular weight excluding hydrogens is 610 g/mol. The van der Waals surface area contributed by atoms with Crippen molar-refractivity contribution in [3.63, 3.8) is 0 Å². The zero-order chi connectivity index (χ0) is 34.1. The number of ether oxygens (including phenoxy) is 2. The number of nitrogens with one attached hydrogen (secondary N) is 2. The molecule has 14 heteroatoms. The quantitative estimate of drug-likeness (QED) is 0.160. The number of aliphatic hydroxyl groups excluding tert-OH is 2. The van der Waals surface area contributed by atoms with Gasteiger partial charge in [-0.15, -0.1) is 10.2 Å². The van der Waals surface area contributed by atoms with Crippen LogP contribution >= 0.6 is 0 Å². The van der Waals surface area contributed by atoms with Crippen LogP contribution in [0.3, 0.4) is 0 Å². The van der Waals surface area contributed by atoms with Gasteiger partial charge in [-0.05, 0) is 46.8 Å². The molecule has 1 aromatic heterocycles. The normalized spacial score (nSPS) is 12.6. The molecule has 4 N–H and O–H groups in total. The Morgan fingerprint density at radius 3 is 2.30 bits per heavy atom. The summed E-state index contributed by atoms with van der Waals surface area (Å²) in [5, 5.41) is 44.3. The van der Waals surface area contributed by atoms with Crippen molar-refractivity contribution < 1.29 is 28.1 Å². The number of aromatic nitrogens is 1. The fourth-order valence-electron chi connectivity index (χ4n) is 4.59. The molecule has 0 aliphatic heterocycles. The van der Waals surface area contributed by atoms with Crippen LogP contribution in [0.5, 0.6) is 11.5 Å². The number of para-hydroxylation sites is 1. The van der Waals surface area contributed by atoms with Gasteiger partial charge in [0.1, 0.15) is 39.7 Å². The third-order valence-electron chi connectivity index (χ3n) is 7.13. The van der Waals surface area contributed by atoms with Crippen molar-refractivity contribution in [2.75, 3.05) is 56.8 Å². The summed E-state index contributed by atoms with van der Waals surface area (Å²) in [6.45, 7) is 9.81. The van der Waals surface area contributed by atoms with Crippen LogP contribution in [0.25, 0.3) is 0 Å². The van der Waals surface area contributed by atoms with Crippen molar-refractivity contribution in [2.45, 2.75) is 51.2 Å². The topological polar surface area (TPSA) is 182 Å². The third kappa shape index (κ3) is 9.13. The summed E-state index contributed by atoms with van der Waals surface area (Å²) in [5.74, 6) is 0.570. The number of pyridine rings is 1. The average molecular weight is 654 g/mol. The number of anilines is 3. The van der Waals surface area contributed by atoms with Crippen LogP contribution in [0.2, 0.25) is 0 Å². The predicted molar refractivity (Wildman–Crippen MR) is 178 cm³/mol. The highest BCUT2D eigenvalue weighted by atomic mass is 32.2. The van der Waals surface area contributed by atoms with Gasteiger partial charge in [-0.3, -0.25) is 4.90 Å². The Bertz CT molecular complexity index is 1670. The molecule has 46 heavy (non-hydrogen) atoms. The van der Waals surface area contributed by atoms with E-state index >= 15 is 0 Å². The molecule has 0 saturated carbocycles. The molecule has 3 aromatic rings. The van der Waals surface area contributed by atoms with Crippen LogP contribution in [0.1, 0.15) is 38.8 Å². The Labute approximate surface area is 270 Å². The number of nitriles is 1. The second-order valence-electron chi connectivity index (χ2n) is 11.6. The van der Waals surface area contributed by atoms with Crippen molar-refractivity contribution in [3.8, 4) is 17.6 Å². The highest BCUT2D eigenvalue weighted by Crippen LogP contribution is 2.41. The van der Waals surface area contributed by atoms with Gasteiger partial charge in [0.2, 0.25) is 0 Å². The number of benzene rings is 2. The first kappa shape index (κ1) is 36.2. The Balaban J connectivity index is 2.08. The van der Waals surface area contributed by atoms with Gasteiger partial charge in [0, 0.05) is 48.6 Å². The van der Waals surface area contributed by atoms with E-state index in [2.05, 4.69) is 31.9 Å². The van der Waals surface area contributed by atoms with Crippen LogP contribution in [0.15, 0.2) is 57.6 Å². The van der Waals surface area contributed by atoms with E-state index in [-0.39, 0.29) is 70.1 Å². The molecule has 13 nitrogen and oxygen atoms in total. The number of azo groups is 1. The average Bonchev–Trinajstić information content (AvgIpc) is 3.01. The van der Waals surface area contributed by atoms with Gasteiger partial charge in [-0.1, -0.05) is 18.2 Å². The molecule has 0 radical (unpaired) electrons. The molecule has 248 valence electrons. The minimum Gasteiger partial charge on any atom is -0.495 e. The number of hydrogen-bond acceptors (Lipinski definition) is 13. The fraction of sp³-hybridized carbons (Fsp3) is 0.438. The summed E-state index contributed by atoms with van der Waals surface area (Å²) in [6.07, 6.45) is -0.675. The molecule has 0 amide bonds. The van der Waals surface area contributed by atoms with E-state index in [0.717, 1.165) is 5.69 Å². The molecule has 0 spiro atoms. The second kappa shape index (κ2) is 15.8. The van der Waals surface area contributed by atoms with E-state index in [1.165, 1.54) is 26.4 Å². The van der Waals surface area contributed by atoms with Crippen LogP contribution in [0, 0.1) is 18.3 Å². The van der Waals surface area contributed by atoms with Gasteiger partial charge in [0.25, 0.3) is 0 Å². The Kier molecular flexibility index (Phi) is 12.4. The van der Waals surface area contributed by atoms with Crippen LogP contribution in [-0.4, -0.2) is 86.4 Å². The molecule has 0 bridgehead atoms. The van der Waals surface area contributed by atoms with E-state index in [4.69, 9.17) is 9.47 Å². The monoisotopic (exact) mass is 653 g/mol. The lowest BCUT2D eigenvalue weighted by atomic mass is 10.1. The molecule has 1 unspecified atom stereocenters. The number of aliphatic hydroxyl groups is 2. The highest BCUT2D eigenvalue weighted by molar-refractivity contribution is 7.91. The van der Waals surface area contributed by atoms with Gasteiger partial charge in [0.05, 0.1) is 38.2 Å². The van der Waals surface area contributed by atoms with Crippen molar-refractivity contribution in [1.82, 2.24) is 9.88 Å². The molecule has 3 rings (SSSR count). The zero-order valence-corrected chi connectivity index (χ0v) is 28.1. The number of nitrogens with zero attached hydrogens (tertiary/aromatic N) is 5. The molecule has 1 atom stereocenters. The van der Waals surface area contributed by atoms with Crippen LogP contribution < -0.4 is 20.1 Å². The summed E-state index contributed by atoms with van der Waals surface area (Å²) in [5.41, 5.74) is 1.54. The number of sulfone groups is 1. The van der Waals surface area contributed by atoms with Crippen molar-refractivity contribution in [2.24, 2.45) is 10.2 Å². The molecule has 2 aromatic carbocycles. The highest BCUT2D eigenvalue weighted by Gasteiger charge is 2.27. The lowest BCUT2D eigenvalue weighted by Gasteiger charge is -2.35. The van der Waals surface area contributed by atoms with E-state index < -0.39 is 15.9 Å². The largest absolute Gasteiger partial charge is 0.495 e. The lowest BCUT2D eigenvalue weighted by Crippen LogP contribution is -2.45. The van der Waals surface area contributed by atoms with Crippen molar-refractivity contribution in [3.05, 3.63) is 53.6 Å². The number of methoxy groups -OCH3 is 2. The summed E-state index contributed by atoms with van der Waals surface area (Å²) < 4.78 is 38.1. The van der Waals surface area contributed by atoms with E-state index in [1.54, 1.807) is 13.8 Å². The first-order valence-corrected chi connectivity index (χ1v) is 16.4. The summed E-state index contributed by atoms with van der Waals surface area (Å²) in [6, 6.07) is 14.2. The lowest BCUT2D eigenvalue weighted by molar-refractivity contribution is 0.113. The number of rotatable bonds is 15. The van der Waals surface area contributed by atoms with Crippen LogP contribution in [0.4, 0.5) is 28.7 Å². The Hall–Kier alpha value is -4.29.